The van der Waals surface area contributed by atoms with Crippen LogP contribution in [-0.2, 0) is 9.59 Å². The van der Waals surface area contributed by atoms with E-state index in [0.717, 1.165) is 25.8 Å². The second kappa shape index (κ2) is 10.2. The van der Waals surface area contributed by atoms with Crippen LogP contribution >= 0.6 is 0 Å². The third-order valence-corrected chi connectivity index (χ3v) is 5.90. The molecule has 7 heteroatoms. The summed E-state index contributed by atoms with van der Waals surface area (Å²) in [6.07, 6.45) is 4.74. The average molecular weight is 381 g/mol. The number of ketones is 1. The van der Waals surface area contributed by atoms with Gasteiger partial charge in [0.1, 0.15) is 5.78 Å². The Balaban J connectivity index is 1.87. The monoisotopic (exact) mass is 380 g/mol. The number of rotatable bonds is 7. The number of nitrogens with zero attached hydrogens (tertiary/aromatic N) is 3. The average Bonchev–Trinajstić information content (AvgIpc) is 2.61. The molecule has 2 rings (SSSR count). The summed E-state index contributed by atoms with van der Waals surface area (Å²) < 4.78 is 0. The van der Waals surface area contributed by atoms with Gasteiger partial charge < -0.3 is 15.1 Å². The number of fused-ring (bicyclic) bond motifs is 1. The summed E-state index contributed by atoms with van der Waals surface area (Å²) in [5.41, 5.74) is 0. The van der Waals surface area contributed by atoms with Crippen molar-refractivity contribution in [1.29, 1.82) is 0 Å². The molecule has 1 saturated heterocycles. The van der Waals surface area contributed by atoms with E-state index in [9.17, 15) is 14.4 Å². The molecule has 1 aliphatic carbocycles. The topological polar surface area (TPSA) is 73.0 Å². The van der Waals surface area contributed by atoms with Gasteiger partial charge in [-0.05, 0) is 66.2 Å². The summed E-state index contributed by atoms with van der Waals surface area (Å²) in [5.74, 6) is 0.237. The number of carbonyl (C=O) groups is 3. The number of hydrogen-bond acceptors (Lipinski definition) is 5. The Morgan fingerprint density at radius 2 is 2.00 bits per heavy atom. The first kappa shape index (κ1) is 21.8. The number of carbonyl (C=O) groups excluding carboxylic acids is 3. The third-order valence-electron chi connectivity index (χ3n) is 5.90. The minimum Gasteiger partial charge on any atom is -0.338 e. The van der Waals surface area contributed by atoms with Crippen molar-refractivity contribution in [2.75, 3.05) is 47.3 Å². The van der Waals surface area contributed by atoms with E-state index in [4.69, 9.17) is 0 Å². The zero-order chi connectivity index (χ0) is 20.0. The lowest BCUT2D eigenvalue weighted by molar-refractivity contribution is -0.138. The minimum absolute atomic E-state index is 0.105. The predicted molar refractivity (Wildman–Crippen MR) is 105 cm³/mol. The molecule has 1 N–H and O–H groups in total. The Bertz CT molecular complexity index is 537. The van der Waals surface area contributed by atoms with Crippen LogP contribution < -0.4 is 5.32 Å². The van der Waals surface area contributed by atoms with Crippen LogP contribution in [-0.4, -0.2) is 85.8 Å². The highest BCUT2D eigenvalue weighted by Gasteiger charge is 2.41. The molecular weight excluding hydrogens is 344 g/mol. The van der Waals surface area contributed by atoms with Gasteiger partial charge in [-0.1, -0.05) is 0 Å². The molecule has 1 heterocycles. The van der Waals surface area contributed by atoms with E-state index < -0.39 is 0 Å². The molecule has 0 aromatic heterocycles. The van der Waals surface area contributed by atoms with Crippen molar-refractivity contribution in [2.24, 2.45) is 11.8 Å². The molecule has 0 aromatic carbocycles. The van der Waals surface area contributed by atoms with Gasteiger partial charge in [0.25, 0.3) is 0 Å². The van der Waals surface area contributed by atoms with Crippen molar-refractivity contribution in [3.63, 3.8) is 0 Å². The van der Waals surface area contributed by atoms with Crippen LogP contribution in [0.3, 0.4) is 0 Å². The van der Waals surface area contributed by atoms with Crippen molar-refractivity contribution >= 4 is 17.7 Å². The normalized spacial score (nSPS) is 26.0. The van der Waals surface area contributed by atoms with Gasteiger partial charge in [-0.3, -0.25) is 14.5 Å². The fourth-order valence-corrected chi connectivity index (χ4v) is 4.46. The molecule has 0 bridgehead atoms. The first-order valence-corrected chi connectivity index (χ1v) is 10.3. The summed E-state index contributed by atoms with van der Waals surface area (Å²) in [4.78, 5) is 43.0. The Morgan fingerprint density at radius 3 is 2.67 bits per heavy atom. The Kier molecular flexibility index (Phi) is 8.23. The maximum Gasteiger partial charge on any atom is 0.324 e. The Morgan fingerprint density at radius 1 is 1.26 bits per heavy atom. The van der Waals surface area contributed by atoms with E-state index in [0.29, 0.717) is 50.7 Å². The van der Waals surface area contributed by atoms with Crippen molar-refractivity contribution in [2.45, 2.75) is 51.5 Å². The lowest BCUT2D eigenvalue weighted by atomic mass is 9.74. The van der Waals surface area contributed by atoms with Crippen LogP contribution in [0.5, 0.6) is 0 Å². The van der Waals surface area contributed by atoms with E-state index in [1.807, 2.05) is 28.1 Å². The number of imide groups is 1. The maximum atomic E-state index is 13.0. The molecule has 2 aliphatic rings. The largest absolute Gasteiger partial charge is 0.338 e. The van der Waals surface area contributed by atoms with Crippen LogP contribution in [0.2, 0.25) is 0 Å². The maximum absolute atomic E-state index is 13.0. The van der Waals surface area contributed by atoms with E-state index in [-0.39, 0.29) is 23.8 Å². The van der Waals surface area contributed by atoms with Gasteiger partial charge in [-0.2, -0.15) is 0 Å². The van der Waals surface area contributed by atoms with E-state index in [1.165, 1.54) is 4.90 Å². The number of unbranched alkanes of at least 4 members (excludes halogenated alkanes) is 1. The molecular formula is C20H36N4O3. The number of piperidine rings is 1. The highest BCUT2D eigenvalue weighted by atomic mass is 16.2. The van der Waals surface area contributed by atoms with Crippen LogP contribution in [0.4, 0.5) is 4.79 Å². The molecule has 1 aliphatic heterocycles. The molecule has 7 nitrogen and oxygen atoms in total. The number of amides is 3. The summed E-state index contributed by atoms with van der Waals surface area (Å²) in [5, 5.41) is 2.88. The molecule has 0 unspecified atom stereocenters. The second-order valence-corrected chi connectivity index (χ2v) is 8.31. The van der Waals surface area contributed by atoms with Gasteiger partial charge in [-0.15, -0.1) is 0 Å². The van der Waals surface area contributed by atoms with Gasteiger partial charge in [-0.25, -0.2) is 4.79 Å². The van der Waals surface area contributed by atoms with E-state index in [1.54, 1.807) is 0 Å². The highest BCUT2D eigenvalue weighted by molar-refractivity contribution is 5.95. The van der Waals surface area contributed by atoms with Gasteiger partial charge in [0.15, 0.2) is 0 Å². The number of likely N-dealkylation sites (tertiary alicyclic amines) is 1. The molecule has 0 spiro atoms. The Labute approximate surface area is 163 Å². The van der Waals surface area contributed by atoms with E-state index in [2.05, 4.69) is 15.1 Å². The Hall–Kier alpha value is -1.47. The zero-order valence-corrected chi connectivity index (χ0v) is 17.4. The fourth-order valence-electron chi connectivity index (χ4n) is 4.46. The lowest BCUT2D eigenvalue weighted by Gasteiger charge is -2.45. The van der Waals surface area contributed by atoms with E-state index >= 15 is 0 Å². The number of Topliss-reactive ketones (excluding diaryl/α,β-unsaturated/α-hetero) is 1. The van der Waals surface area contributed by atoms with Crippen molar-refractivity contribution in [1.82, 2.24) is 20.0 Å². The number of urea groups is 1. The predicted octanol–water partition coefficient (Wildman–Crippen LogP) is 1.58. The summed E-state index contributed by atoms with van der Waals surface area (Å²) >= 11 is 0. The van der Waals surface area contributed by atoms with Crippen molar-refractivity contribution < 1.29 is 14.4 Å². The molecule has 0 aromatic rings. The van der Waals surface area contributed by atoms with Crippen LogP contribution in [0.15, 0.2) is 0 Å². The first-order valence-electron chi connectivity index (χ1n) is 10.3. The molecule has 154 valence electrons. The number of nitrogens with one attached hydrogen (secondary N) is 1. The van der Waals surface area contributed by atoms with Crippen molar-refractivity contribution in [3.05, 3.63) is 0 Å². The lowest BCUT2D eigenvalue weighted by Crippen LogP contribution is -2.55. The smallest absolute Gasteiger partial charge is 0.324 e. The molecule has 2 fully saturated rings. The summed E-state index contributed by atoms with van der Waals surface area (Å²) in [7, 11) is 6.09. The number of hydrogen-bond donors (Lipinski definition) is 1. The molecule has 3 atom stereocenters. The first-order chi connectivity index (χ1) is 12.8. The zero-order valence-electron chi connectivity index (χ0n) is 17.4. The fraction of sp³-hybridized carbons (Fsp3) is 0.850. The van der Waals surface area contributed by atoms with Gasteiger partial charge in [0, 0.05) is 38.5 Å². The second-order valence-electron chi connectivity index (χ2n) is 8.31. The van der Waals surface area contributed by atoms with Gasteiger partial charge in [0.05, 0.1) is 5.92 Å². The van der Waals surface area contributed by atoms with Crippen LogP contribution in [0.25, 0.3) is 0 Å². The molecule has 1 saturated carbocycles. The van der Waals surface area contributed by atoms with Crippen LogP contribution in [0, 0.1) is 11.8 Å². The third kappa shape index (κ3) is 6.01. The van der Waals surface area contributed by atoms with Crippen LogP contribution in [0.1, 0.15) is 45.4 Å². The summed E-state index contributed by atoms with van der Waals surface area (Å²) in [6.45, 7) is 4.45. The minimum atomic E-state index is -0.295. The SMILES string of the molecule is CCN(C(=O)NCCCCN(C)C)C(=O)[C@@H]1C[C@@H]2CC(=O)CC[C@H]2N(C)C1. The molecule has 3 amide bonds. The molecule has 27 heavy (non-hydrogen) atoms. The van der Waals surface area contributed by atoms with Gasteiger partial charge in [0.2, 0.25) is 5.91 Å². The molecule has 0 radical (unpaired) electrons. The summed E-state index contributed by atoms with van der Waals surface area (Å²) in [6, 6.07) is 0.101. The van der Waals surface area contributed by atoms with Crippen molar-refractivity contribution in [3.8, 4) is 0 Å². The standard InChI is InChI=1S/C20H36N4O3/c1-5-24(20(27)21-10-6-7-11-22(2)3)19(26)16-12-15-13-17(25)8-9-18(15)23(4)14-16/h15-16,18H,5-14H2,1-4H3,(H,21,27)/t15-,16-,18-/m1/s1. The van der Waals surface area contributed by atoms with Gasteiger partial charge >= 0.3 is 6.03 Å². The quantitative estimate of drug-likeness (QED) is 0.679. The highest BCUT2D eigenvalue weighted by Crippen LogP contribution is 2.36.